The summed E-state index contributed by atoms with van der Waals surface area (Å²) < 4.78 is 32.1. The molecule has 5 nitrogen and oxygen atoms in total. The third-order valence-corrected chi connectivity index (χ3v) is 5.74. The number of hydrogen-bond acceptors (Lipinski definition) is 4. The van der Waals surface area contributed by atoms with E-state index in [0.717, 1.165) is 5.56 Å². The summed E-state index contributed by atoms with van der Waals surface area (Å²) in [7, 11) is -3.55. The molecule has 0 saturated carbocycles. The first-order valence-electron chi connectivity index (χ1n) is 7.06. The molecule has 1 fully saturated rings. The van der Waals surface area contributed by atoms with Crippen molar-refractivity contribution in [2.75, 3.05) is 6.54 Å². The molecular formula is C15H21NO4S. The smallest absolute Gasteiger partial charge is 0.302 e. The van der Waals surface area contributed by atoms with Crippen LogP contribution in [0.2, 0.25) is 0 Å². The van der Waals surface area contributed by atoms with Gasteiger partial charge in [-0.05, 0) is 38.8 Å². The Kier molecular flexibility index (Phi) is 4.68. The van der Waals surface area contributed by atoms with Crippen molar-refractivity contribution < 1.29 is 17.9 Å². The monoisotopic (exact) mass is 311 g/mol. The topological polar surface area (TPSA) is 63.7 Å². The highest BCUT2D eigenvalue weighted by atomic mass is 32.2. The van der Waals surface area contributed by atoms with Crippen LogP contribution in [0.1, 0.15) is 32.3 Å². The van der Waals surface area contributed by atoms with Crippen molar-refractivity contribution in [3.05, 3.63) is 29.8 Å². The van der Waals surface area contributed by atoms with Crippen molar-refractivity contribution in [1.82, 2.24) is 4.31 Å². The molecule has 0 bridgehead atoms. The first kappa shape index (κ1) is 16.0. The summed E-state index contributed by atoms with van der Waals surface area (Å²) in [4.78, 5) is 11.3. The summed E-state index contributed by atoms with van der Waals surface area (Å²) in [5, 5.41) is 0. The van der Waals surface area contributed by atoms with Gasteiger partial charge in [0.05, 0.1) is 11.4 Å². The van der Waals surface area contributed by atoms with Gasteiger partial charge in [0.15, 0.2) is 0 Å². The Bertz CT molecular complexity index is 609. The van der Waals surface area contributed by atoms with Crippen molar-refractivity contribution in [1.29, 1.82) is 0 Å². The number of nitrogens with zero attached hydrogens (tertiary/aromatic N) is 1. The van der Waals surface area contributed by atoms with Crippen LogP contribution in [0.5, 0.6) is 0 Å². The third kappa shape index (κ3) is 3.63. The number of carbonyl (C=O) groups is 1. The van der Waals surface area contributed by atoms with E-state index in [2.05, 4.69) is 0 Å². The average molecular weight is 311 g/mol. The molecule has 21 heavy (non-hydrogen) atoms. The number of aryl methyl sites for hydroxylation is 1. The molecule has 0 spiro atoms. The van der Waals surface area contributed by atoms with Crippen LogP contribution < -0.4 is 0 Å². The molecule has 1 heterocycles. The Morgan fingerprint density at radius 1 is 1.24 bits per heavy atom. The SMILES string of the molecule is CC(=O)O[C@H]1CC[C@@H](C)N(S(=O)(=O)c2ccc(C)cc2)C1. The highest BCUT2D eigenvalue weighted by Gasteiger charge is 2.35. The van der Waals surface area contributed by atoms with Crippen molar-refractivity contribution in [3.63, 3.8) is 0 Å². The fourth-order valence-electron chi connectivity index (χ4n) is 2.55. The zero-order valence-corrected chi connectivity index (χ0v) is 13.4. The molecular weight excluding hydrogens is 290 g/mol. The van der Waals surface area contributed by atoms with E-state index in [9.17, 15) is 13.2 Å². The Morgan fingerprint density at radius 3 is 2.43 bits per heavy atom. The summed E-state index contributed by atoms with van der Waals surface area (Å²) in [5.74, 6) is -0.373. The minimum Gasteiger partial charge on any atom is -0.461 e. The maximum Gasteiger partial charge on any atom is 0.302 e. The second-order valence-electron chi connectivity index (χ2n) is 5.55. The average Bonchev–Trinajstić information content (AvgIpc) is 2.41. The Balaban J connectivity index is 2.24. The molecule has 0 aromatic heterocycles. The van der Waals surface area contributed by atoms with Gasteiger partial charge in [-0.25, -0.2) is 8.42 Å². The van der Waals surface area contributed by atoms with Gasteiger partial charge < -0.3 is 4.74 Å². The number of piperidine rings is 1. The minimum absolute atomic E-state index is 0.0943. The molecule has 116 valence electrons. The lowest BCUT2D eigenvalue weighted by Crippen LogP contribution is -2.48. The molecule has 0 unspecified atom stereocenters. The van der Waals surface area contributed by atoms with E-state index >= 15 is 0 Å². The summed E-state index contributed by atoms with van der Waals surface area (Å²) >= 11 is 0. The quantitative estimate of drug-likeness (QED) is 0.802. The fraction of sp³-hybridized carbons (Fsp3) is 0.533. The van der Waals surface area contributed by atoms with Crippen LogP contribution in [0.15, 0.2) is 29.2 Å². The van der Waals surface area contributed by atoms with Gasteiger partial charge in [-0.3, -0.25) is 4.79 Å². The zero-order valence-electron chi connectivity index (χ0n) is 12.6. The molecule has 6 heteroatoms. The van der Waals surface area contributed by atoms with Crippen LogP contribution in [-0.2, 0) is 19.6 Å². The van der Waals surface area contributed by atoms with Gasteiger partial charge in [0, 0.05) is 13.0 Å². The van der Waals surface area contributed by atoms with E-state index in [1.54, 1.807) is 24.3 Å². The molecule has 1 aliphatic heterocycles. The van der Waals surface area contributed by atoms with E-state index in [1.165, 1.54) is 11.2 Å². The second kappa shape index (κ2) is 6.15. The summed E-state index contributed by atoms with van der Waals surface area (Å²) in [5.41, 5.74) is 1.01. The number of rotatable bonds is 3. The Labute approximate surface area is 126 Å². The zero-order chi connectivity index (χ0) is 15.6. The molecule has 2 rings (SSSR count). The van der Waals surface area contributed by atoms with Crippen LogP contribution in [0, 0.1) is 6.92 Å². The van der Waals surface area contributed by atoms with Gasteiger partial charge in [0.1, 0.15) is 6.10 Å². The standard InChI is InChI=1S/C15H21NO4S/c1-11-4-8-15(9-5-11)21(18,19)16-10-14(20-13(3)17)7-6-12(16)2/h4-5,8-9,12,14H,6-7,10H2,1-3H3/t12-,14+/m1/s1. The number of benzene rings is 1. The molecule has 0 N–H and O–H groups in total. The van der Waals surface area contributed by atoms with Crippen LogP contribution >= 0.6 is 0 Å². The van der Waals surface area contributed by atoms with Crippen LogP contribution in [0.25, 0.3) is 0 Å². The van der Waals surface area contributed by atoms with E-state index in [1.807, 2.05) is 13.8 Å². The number of esters is 1. The maximum absolute atomic E-state index is 12.7. The molecule has 1 aliphatic rings. The highest BCUT2D eigenvalue weighted by molar-refractivity contribution is 7.89. The lowest BCUT2D eigenvalue weighted by Gasteiger charge is -2.36. The second-order valence-corrected chi connectivity index (χ2v) is 7.44. The van der Waals surface area contributed by atoms with Gasteiger partial charge in [0.25, 0.3) is 0 Å². The van der Waals surface area contributed by atoms with E-state index < -0.39 is 10.0 Å². The molecule has 0 amide bonds. The first-order chi connectivity index (χ1) is 9.80. The molecule has 1 aromatic carbocycles. The minimum atomic E-state index is -3.55. The van der Waals surface area contributed by atoms with Crippen molar-refractivity contribution in [3.8, 4) is 0 Å². The maximum atomic E-state index is 12.7. The summed E-state index contributed by atoms with van der Waals surface area (Å²) in [6.07, 6.45) is 1.02. The van der Waals surface area contributed by atoms with E-state index in [4.69, 9.17) is 4.74 Å². The molecule has 1 aromatic rings. The molecule has 0 aliphatic carbocycles. The van der Waals surface area contributed by atoms with Gasteiger partial charge >= 0.3 is 5.97 Å². The van der Waals surface area contributed by atoms with Gasteiger partial charge in [0.2, 0.25) is 10.0 Å². The van der Waals surface area contributed by atoms with Crippen LogP contribution in [0.4, 0.5) is 0 Å². The molecule has 0 radical (unpaired) electrons. The van der Waals surface area contributed by atoms with Crippen molar-refractivity contribution >= 4 is 16.0 Å². The Hall–Kier alpha value is -1.40. The number of carbonyl (C=O) groups excluding carboxylic acids is 1. The number of sulfonamides is 1. The van der Waals surface area contributed by atoms with Gasteiger partial charge in [-0.1, -0.05) is 17.7 Å². The largest absolute Gasteiger partial charge is 0.461 e. The summed E-state index contributed by atoms with van der Waals surface area (Å²) in [6, 6.07) is 6.71. The molecule has 2 atom stereocenters. The first-order valence-corrected chi connectivity index (χ1v) is 8.50. The number of ether oxygens (including phenoxy) is 1. The van der Waals surface area contributed by atoms with Gasteiger partial charge in [-0.2, -0.15) is 4.31 Å². The van der Waals surface area contributed by atoms with Crippen molar-refractivity contribution in [2.24, 2.45) is 0 Å². The third-order valence-electron chi connectivity index (χ3n) is 3.74. The summed E-state index contributed by atoms with van der Waals surface area (Å²) in [6.45, 7) is 5.36. The Morgan fingerprint density at radius 2 is 1.86 bits per heavy atom. The lowest BCUT2D eigenvalue weighted by molar-refractivity contribution is -0.148. The van der Waals surface area contributed by atoms with Crippen molar-refractivity contribution in [2.45, 2.75) is 50.7 Å². The molecule has 1 saturated heterocycles. The van der Waals surface area contributed by atoms with Crippen LogP contribution in [0.3, 0.4) is 0 Å². The van der Waals surface area contributed by atoms with Gasteiger partial charge in [-0.15, -0.1) is 0 Å². The predicted molar refractivity (Wildman–Crippen MR) is 79.3 cm³/mol. The van der Waals surface area contributed by atoms with E-state index in [0.29, 0.717) is 12.8 Å². The normalized spacial score (nSPS) is 23.8. The lowest BCUT2D eigenvalue weighted by atomic mass is 10.0. The predicted octanol–water partition coefficient (Wildman–Crippen LogP) is 2.10. The number of hydrogen-bond donors (Lipinski definition) is 0. The van der Waals surface area contributed by atoms with Crippen LogP contribution in [-0.4, -0.2) is 37.4 Å². The van der Waals surface area contributed by atoms with E-state index in [-0.39, 0.29) is 29.6 Å². The fourth-order valence-corrected chi connectivity index (χ4v) is 4.25. The highest BCUT2D eigenvalue weighted by Crippen LogP contribution is 2.26.